The third-order valence-corrected chi connectivity index (χ3v) is 6.47. The minimum atomic E-state index is -0.723. The summed E-state index contributed by atoms with van der Waals surface area (Å²) in [5.74, 6) is 0.817. The van der Waals surface area contributed by atoms with Crippen molar-refractivity contribution in [3.05, 3.63) is 65.0 Å². The number of aryl methyl sites for hydroxylation is 1. The van der Waals surface area contributed by atoms with Gasteiger partial charge in [-0.3, -0.25) is 4.90 Å². The van der Waals surface area contributed by atoms with E-state index in [2.05, 4.69) is 4.90 Å². The Kier molecular flexibility index (Phi) is 5.17. The molecular weight excluding hydrogens is 357 g/mol. The number of β-amino-alcohol motifs (C(OH)–C–C–N with tert-alkyl or cyclic N) is 1. The van der Waals surface area contributed by atoms with E-state index in [-0.39, 0.29) is 11.6 Å². The lowest BCUT2D eigenvalue weighted by Gasteiger charge is -2.27. The molecule has 0 amide bonds. The smallest absolute Gasteiger partial charge is 0.123 e. The molecule has 3 unspecified atom stereocenters. The van der Waals surface area contributed by atoms with E-state index in [0.717, 1.165) is 42.6 Å². The summed E-state index contributed by atoms with van der Waals surface area (Å²) in [7, 11) is 0. The van der Waals surface area contributed by atoms with Crippen molar-refractivity contribution in [3.8, 4) is 5.75 Å². The van der Waals surface area contributed by atoms with Gasteiger partial charge >= 0.3 is 0 Å². The molecule has 3 N–H and O–H groups in total. The van der Waals surface area contributed by atoms with Gasteiger partial charge in [0.1, 0.15) is 11.6 Å². The Morgan fingerprint density at radius 1 is 1.11 bits per heavy atom. The average Bonchev–Trinajstić information content (AvgIpc) is 3.12. The number of aliphatic hydroxyl groups is 2. The molecule has 2 aromatic carbocycles. The highest BCUT2D eigenvalue weighted by atomic mass is 19.1. The monoisotopic (exact) mass is 385 g/mol. The maximum Gasteiger partial charge on any atom is 0.123 e. The number of phenolic OH excluding ortho intramolecular Hbond substituents is 1. The average molecular weight is 385 g/mol. The van der Waals surface area contributed by atoms with Crippen molar-refractivity contribution < 1.29 is 19.7 Å². The third kappa shape index (κ3) is 4.07. The van der Waals surface area contributed by atoms with Gasteiger partial charge in [0.25, 0.3) is 0 Å². The number of likely N-dealkylation sites (tertiary alicyclic amines) is 1. The molecule has 1 aliphatic heterocycles. The number of hydrogen-bond donors (Lipinski definition) is 3. The fourth-order valence-corrected chi connectivity index (χ4v) is 5.11. The summed E-state index contributed by atoms with van der Waals surface area (Å²) in [6, 6.07) is 11.5. The molecule has 4 nitrogen and oxygen atoms in total. The lowest BCUT2D eigenvalue weighted by Crippen LogP contribution is -2.33. The lowest BCUT2D eigenvalue weighted by atomic mass is 9.89. The number of aromatic hydroxyl groups is 1. The van der Waals surface area contributed by atoms with Gasteiger partial charge in [-0.2, -0.15) is 0 Å². The van der Waals surface area contributed by atoms with Crippen LogP contribution in [0.4, 0.5) is 4.39 Å². The van der Waals surface area contributed by atoms with Gasteiger partial charge in [-0.1, -0.05) is 18.2 Å². The zero-order chi connectivity index (χ0) is 19.9. The first-order valence-corrected chi connectivity index (χ1v) is 9.98. The topological polar surface area (TPSA) is 63.9 Å². The summed E-state index contributed by atoms with van der Waals surface area (Å²) in [5.41, 5.74) is 1.99. The van der Waals surface area contributed by atoms with Crippen LogP contribution < -0.4 is 0 Å². The standard InChI is InChI=1S/C23H28FNO3/c1-15-8-20(24)5-2-17(15)9-23(28)10-18-12-25(13-19(18)11-23)14-22(27)16-3-6-21(26)7-4-16/h2-8,18-19,22,26-28H,9-14H2,1H3. The van der Waals surface area contributed by atoms with Gasteiger partial charge in [0.2, 0.25) is 0 Å². The maximum absolute atomic E-state index is 13.3. The number of rotatable bonds is 5. The number of halogens is 1. The van der Waals surface area contributed by atoms with E-state index < -0.39 is 11.7 Å². The van der Waals surface area contributed by atoms with E-state index in [1.54, 1.807) is 30.3 Å². The Bertz CT molecular complexity index is 824. The van der Waals surface area contributed by atoms with Crippen molar-refractivity contribution in [1.82, 2.24) is 4.90 Å². The number of fused-ring (bicyclic) bond motifs is 1. The van der Waals surface area contributed by atoms with Gasteiger partial charge in [-0.25, -0.2) is 4.39 Å². The lowest BCUT2D eigenvalue weighted by molar-refractivity contribution is 0.0327. The van der Waals surface area contributed by atoms with Gasteiger partial charge in [0.15, 0.2) is 0 Å². The highest BCUT2D eigenvalue weighted by Crippen LogP contribution is 2.45. The minimum absolute atomic E-state index is 0.197. The molecule has 0 radical (unpaired) electrons. The fourth-order valence-electron chi connectivity index (χ4n) is 5.11. The number of benzene rings is 2. The van der Waals surface area contributed by atoms with Gasteiger partial charge in [0, 0.05) is 26.1 Å². The number of hydrogen-bond acceptors (Lipinski definition) is 4. The van der Waals surface area contributed by atoms with Crippen LogP contribution in [-0.4, -0.2) is 45.5 Å². The minimum Gasteiger partial charge on any atom is -0.508 e. The Morgan fingerprint density at radius 2 is 1.75 bits per heavy atom. The zero-order valence-electron chi connectivity index (χ0n) is 16.2. The van der Waals surface area contributed by atoms with Crippen molar-refractivity contribution in [2.24, 2.45) is 11.8 Å². The van der Waals surface area contributed by atoms with Gasteiger partial charge < -0.3 is 15.3 Å². The van der Waals surface area contributed by atoms with Gasteiger partial charge in [-0.15, -0.1) is 0 Å². The number of aliphatic hydroxyl groups excluding tert-OH is 1. The van der Waals surface area contributed by atoms with Crippen LogP contribution >= 0.6 is 0 Å². The summed E-state index contributed by atoms with van der Waals surface area (Å²) >= 11 is 0. The van der Waals surface area contributed by atoms with Crippen LogP contribution in [-0.2, 0) is 6.42 Å². The van der Waals surface area contributed by atoms with Crippen LogP contribution in [0.15, 0.2) is 42.5 Å². The maximum atomic E-state index is 13.3. The Hall–Kier alpha value is -1.95. The molecule has 28 heavy (non-hydrogen) atoms. The van der Waals surface area contributed by atoms with E-state index in [9.17, 15) is 19.7 Å². The Morgan fingerprint density at radius 3 is 2.36 bits per heavy atom. The summed E-state index contributed by atoms with van der Waals surface area (Å²) in [4.78, 5) is 2.27. The summed E-state index contributed by atoms with van der Waals surface area (Å²) in [5, 5.41) is 31.0. The summed E-state index contributed by atoms with van der Waals surface area (Å²) < 4.78 is 13.3. The second-order valence-corrected chi connectivity index (χ2v) is 8.73. The molecule has 5 heteroatoms. The van der Waals surface area contributed by atoms with Crippen molar-refractivity contribution in [2.45, 2.75) is 37.9 Å². The first-order valence-electron chi connectivity index (χ1n) is 9.98. The van der Waals surface area contributed by atoms with E-state index in [1.165, 1.54) is 12.1 Å². The largest absolute Gasteiger partial charge is 0.508 e. The molecule has 2 fully saturated rings. The van der Waals surface area contributed by atoms with Crippen LogP contribution in [0.25, 0.3) is 0 Å². The van der Waals surface area contributed by atoms with E-state index in [4.69, 9.17) is 0 Å². The molecule has 3 atom stereocenters. The van der Waals surface area contributed by atoms with Crippen LogP contribution in [0.2, 0.25) is 0 Å². The molecule has 1 aliphatic carbocycles. The normalized spacial score (nSPS) is 28.4. The van der Waals surface area contributed by atoms with E-state index in [1.807, 2.05) is 6.92 Å². The molecule has 0 bridgehead atoms. The summed E-state index contributed by atoms with van der Waals surface area (Å²) in [6.07, 6.45) is 1.49. The van der Waals surface area contributed by atoms with E-state index in [0.29, 0.717) is 24.8 Å². The molecule has 0 spiro atoms. The zero-order valence-corrected chi connectivity index (χ0v) is 16.2. The van der Waals surface area contributed by atoms with Gasteiger partial charge in [-0.05, 0) is 72.6 Å². The van der Waals surface area contributed by atoms with Crippen LogP contribution in [0.5, 0.6) is 5.75 Å². The number of nitrogens with zero attached hydrogens (tertiary/aromatic N) is 1. The second-order valence-electron chi connectivity index (χ2n) is 8.73. The fraction of sp³-hybridized carbons (Fsp3) is 0.478. The predicted molar refractivity (Wildman–Crippen MR) is 106 cm³/mol. The summed E-state index contributed by atoms with van der Waals surface area (Å²) in [6.45, 7) is 4.21. The molecule has 1 heterocycles. The number of phenols is 1. The molecule has 1 saturated heterocycles. The molecule has 0 aromatic heterocycles. The van der Waals surface area contributed by atoms with Crippen molar-refractivity contribution >= 4 is 0 Å². The highest BCUT2D eigenvalue weighted by Gasteiger charge is 2.48. The molecule has 4 rings (SSSR count). The van der Waals surface area contributed by atoms with E-state index >= 15 is 0 Å². The quantitative estimate of drug-likeness (QED) is 0.740. The predicted octanol–water partition coefficient (Wildman–Crippen LogP) is 3.19. The van der Waals surface area contributed by atoms with Crippen LogP contribution in [0, 0.1) is 24.6 Å². The molecule has 150 valence electrons. The SMILES string of the molecule is Cc1cc(F)ccc1CC1(O)CC2CN(CC(O)c3ccc(O)cc3)CC2C1. The first-order chi connectivity index (χ1) is 13.3. The Balaban J connectivity index is 1.34. The van der Waals surface area contributed by atoms with Gasteiger partial charge in [0.05, 0.1) is 11.7 Å². The van der Waals surface area contributed by atoms with Crippen molar-refractivity contribution in [1.29, 1.82) is 0 Å². The van der Waals surface area contributed by atoms with Crippen molar-refractivity contribution in [2.75, 3.05) is 19.6 Å². The Labute approximate surface area is 165 Å². The first kappa shape index (κ1) is 19.4. The molecule has 2 aliphatic rings. The van der Waals surface area contributed by atoms with Crippen molar-refractivity contribution in [3.63, 3.8) is 0 Å². The van der Waals surface area contributed by atoms with Crippen LogP contribution in [0.3, 0.4) is 0 Å². The molecule has 1 saturated carbocycles. The third-order valence-electron chi connectivity index (χ3n) is 6.47. The van der Waals surface area contributed by atoms with Crippen LogP contribution in [0.1, 0.15) is 35.6 Å². The molecular formula is C23H28FNO3. The highest BCUT2D eigenvalue weighted by molar-refractivity contribution is 5.29. The molecule has 2 aromatic rings. The second kappa shape index (κ2) is 7.47.